The molecule has 0 unspecified atom stereocenters. The Bertz CT molecular complexity index is 1330. The number of hydrogen-bond donors (Lipinski definition) is 0. The molecule has 0 fully saturated rings. The van der Waals surface area contributed by atoms with Crippen LogP contribution in [0.3, 0.4) is 0 Å². The van der Waals surface area contributed by atoms with Crippen LogP contribution < -0.4 is 4.57 Å². The highest BCUT2D eigenvalue weighted by Crippen LogP contribution is 2.38. The Hall–Kier alpha value is -3.05. The third kappa shape index (κ3) is 2.47. The fourth-order valence-corrected chi connectivity index (χ4v) is 5.99. The van der Waals surface area contributed by atoms with Crippen molar-refractivity contribution in [3.05, 3.63) is 100 Å². The molecule has 2 aliphatic heterocycles. The summed E-state index contributed by atoms with van der Waals surface area (Å²) >= 11 is 0. The molecule has 0 radical (unpaired) electrons. The van der Waals surface area contributed by atoms with Gasteiger partial charge in [-0.3, -0.25) is 4.79 Å². The van der Waals surface area contributed by atoms with E-state index in [1.807, 2.05) is 24.4 Å². The van der Waals surface area contributed by atoms with Crippen LogP contribution in [0.1, 0.15) is 41.0 Å². The van der Waals surface area contributed by atoms with E-state index in [4.69, 9.17) is 0 Å². The lowest BCUT2D eigenvalue weighted by molar-refractivity contribution is -0.599. The molecule has 144 valence electrons. The third-order valence-corrected chi connectivity index (χ3v) is 7.82. The number of pyridine rings is 1. The summed E-state index contributed by atoms with van der Waals surface area (Å²) in [5, 5.41) is 0. The smallest absolute Gasteiger partial charge is 0.215 e. The van der Waals surface area contributed by atoms with Gasteiger partial charge >= 0.3 is 0 Å². The molecular formula is C24H20NO3S+. The van der Waals surface area contributed by atoms with Gasteiger partial charge in [-0.15, -0.1) is 0 Å². The fourth-order valence-electron chi connectivity index (χ4n) is 4.39. The Morgan fingerprint density at radius 1 is 1.00 bits per heavy atom. The van der Waals surface area contributed by atoms with Crippen molar-refractivity contribution in [3.63, 3.8) is 0 Å². The number of ketones is 1. The maximum absolute atomic E-state index is 12.8. The third-order valence-electron chi connectivity index (χ3n) is 5.95. The van der Waals surface area contributed by atoms with E-state index in [-0.39, 0.29) is 20.8 Å². The lowest BCUT2D eigenvalue weighted by atomic mass is 9.83. The minimum absolute atomic E-state index is 0.109. The van der Waals surface area contributed by atoms with Gasteiger partial charge in [0.05, 0.1) is 10.3 Å². The summed E-state index contributed by atoms with van der Waals surface area (Å²) in [4.78, 5) is 12.6. The molecule has 2 aliphatic rings. The highest BCUT2D eigenvalue weighted by atomic mass is 32.2. The zero-order valence-corrected chi connectivity index (χ0v) is 17.0. The van der Waals surface area contributed by atoms with Crippen molar-refractivity contribution in [2.24, 2.45) is 0 Å². The maximum atomic E-state index is 12.8. The number of Topliss-reactive ketones (excluding diaryl/α,β-unsaturated/α-hetero) is 1. The Balaban J connectivity index is 1.53. The van der Waals surface area contributed by atoms with E-state index in [9.17, 15) is 13.2 Å². The molecule has 29 heavy (non-hydrogen) atoms. The zero-order valence-electron chi connectivity index (χ0n) is 16.2. The molecule has 1 aromatic heterocycles. The van der Waals surface area contributed by atoms with E-state index < -0.39 is 15.6 Å². The standard InChI is InChI=1S/C24H20NO3S/c1-24(2)18-8-4-5-9-19(18)25-14-13-16(15-22(24)25)11-12-21-23(26)17-7-3-6-10-20(17)29(21,27)28/h3-10,12-15H,11H2,1-2H3/q+1/b21-12-. The summed E-state index contributed by atoms with van der Waals surface area (Å²) in [7, 11) is -3.74. The van der Waals surface area contributed by atoms with E-state index >= 15 is 0 Å². The quantitative estimate of drug-likeness (QED) is 0.485. The molecule has 0 N–H and O–H groups in total. The predicted molar refractivity (Wildman–Crippen MR) is 110 cm³/mol. The molecule has 0 saturated heterocycles. The monoisotopic (exact) mass is 402 g/mol. The predicted octanol–water partition coefficient (Wildman–Crippen LogP) is 3.70. The maximum Gasteiger partial charge on any atom is 0.215 e. The molecule has 4 nitrogen and oxygen atoms in total. The normalized spacial score (nSPS) is 19.1. The van der Waals surface area contributed by atoms with Crippen LogP contribution in [0.2, 0.25) is 0 Å². The van der Waals surface area contributed by atoms with Crippen LogP contribution in [0, 0.1) is 0 Å². The molecule has 0 amide bonds. The number of nitrogens with zero attached hydrogens (tertiary/aromatic N) is 1. The second kappa shape index (κ2) is 5.97. The van der Waals surface area contributed by atoms with Gasteiger partial charge in [-0.05, 0) is 38.0 Å². The van der Waals surface area contributed by atoms with E-state index in [2.05, 4.69) is 36.6 Å². The van der Waals surface area contributed by atoms with Crippen molar-refractivity contribution < 1.29 is 17.8 Å². The minimum atomic E-state index is -3.74. The lowest BCUT2D eigenvalue weighted by Gasteiger charge is -2.14. The van der Waals surface area contributed by atoms with Gasteiger partial charge in [-0.2, -0.15) is 4.57 Å². The van der Waals surface area contributed by atoms with Gasteiger partial charge in [0.1, 0.15) is 4.91 Å². The van der Waals surface area contributed by atoms with E-state index in [1.165, 1.54) is 17.3 Å². The van der Waals surface area contributed by atoms with Crippen molar-refractivity contribution in [1.82, 2.24) is 0 Å². The summed E-state index contributed by atoms with van der Waals surface area (Å²) in [6.07, 6.45) is 3.96. The summed E-state index contributed by atoms with van der Waals surface area (Å²) in [6.45, 7) is 4.38. The van der Waals surface area contributed by atoms with E-state index in [0.717, 1.165) is 11.3 Å². The largest absolute Gasteiger partial charge is 0.288 e. The van der Waals surface area contributed by atoms with Crippen LogP contribution in [0.5, 0.6) is 0 Å². The van der Waals surface area contributed by atoms with Gasteiger partial charge in [-0.1, -0.05) is 36.4 Å². The van der Waals surface area contributed by atoms with E-state index in [1.54, 1.807) is 24.3 Å². The van der Waals surface area contributed by atoms with Gasteiger partial charge in [0.25, 0.3) is 0 Å². The number of sulfone groups is 1. The highest BCUT2D eigenvalue weighted by molar-refractivity contribution is 7.97. The van der Waals surface area contributed by atoms with Crippen molar-refractivity contribution in [2.75, 3.05) is 0 Å². The molecule has 2 aromatic carbocycles. The van der Waals surface area contributed by atoms with Crippen LogP contribution in [-0.4, -0.2) is 14.2 Å². The minimum Gasteiger partial charge on any atom is -0.288 e. The summed E-state index contributed by atoms with van der Waals surface area (Å²) < 4.78 is 27.7. The second-order valence-electron chi connectivity index (χ2n) is 8.03. The summed E-state index contributed by atoms with van der Waals surface area (Å²) in [5.74, 6) is -0.413. The van der Waals surface area contributed by atoms with Gasteiger partial charge in [0.2, 0.25) is 21.3 Å². The molecule has 3 aromatic rings. The Morgan fingerprint density at radius 2 is 1.72 bits per heavy atom. The number of aromatic nitrogens is 1. The van der Waals surface area contributed by atoms with E-state index in [0.29, 0.717) is 6.42 Å². The van der Waals surface area contributed by atoms with Gasteiger partial charge in [0, 0.05) is 29.3 Å². The SMILES string of the molecule is CC1(C)c2ccccc2-[n+]2ccc(C/C=C3/C(=O)c4ccccc4S3(=O)=O)cc21. The molecule has 0 saturated carbocycles. The number of hydrogen-bond acceptors (Lipinski definition) is 3. The molecule has 0 aliphatic carbocycles. The molecule has 5 heteroatoms. The molecule has 0 atom stereocenters. The number of carbonyl (C=O) groups excluding carboxylic acids is 1. The molecule has 5 rings (SSSR count). The van der Waals surface area contributed by atoms with Crippen molar-refractivity contribution in [2.45, 2.75) is 30.6 Å². The number of rotatable bonds is 2. The zero-order chi connectivity index (χ0) is 20.4. The first-order chi connectivity index (χ1) is 13.8. The lowest BCUT2D eigenvalue weighted by Crippen LogP contribution is -2.34. The number of fused-ring (bicyclic) bond motifs is 4. The first-order valence-corrected chi connectivity index (χ1v) is 11.0. The topological polar surface area (TPSA) is 55.1 Å². The molecule has 0 bridgehead atoms. The van der Waals surface area contributed by atoms with Crippen molar-refractivity contribution in [3.8, 4) is 5.69 Å². The summed E-state index contributed by atoms with van der Waals surface area (Å²) in [5.41, 5.74) is 4.67. The van der Waals surface area contributed by atoms with Gasteiger partial charge < -0.3 is 0 Å². The van der Waals surface area contributed by atoms with Crippen LogP contribution in [-0.2, 0) is 21.7 Å². The number of benzene rings is 2. The molecule has 0 spiro atoms. The van der Waals surface area contributed by atoms with Gasteiger partial charge in [-0.25, -0.2) is 8.42 Å². The van der Waals surface area contributed by atoms with Crippen LogP contribution in [0.4, 0.5) is 0 Å². The Labute approximate surface area is 170 Å². The summed E-state index contributed by atoms with van der Waals surface area (Å²) in [6, 6.07) is 18.8. The Morgan fingerprint density at radius 3 is 2.52 bits per heavy atom. The van der Waals surface area contributed by atoms with Crippen molar-refractivity contribution >= 4 is 15.6 Å². The Kier molecular flexibility index (Phi) is 3.71. The molecule has 3 heterocycles. The first-order valence-electron chi connectivity index (χ1n) is 9.56. The van der Waals surface area contributed by atoms with Crippen LogP contribution in [0.15, 0.2) is 82.7 Å². The number of carbonyl (C=O) groups is 1. The number of allylic oxidation sites excluding steroid dienone is 2. The fraction of sp³-hybridized carbons (Fsp3) is 0.167. The number of para-hydroxylation sites is 1. The van der Waals surface area contributed by atoms with Gasteiger partial charge in [0.15, 0.2) is 11.9 Å². The average Bonchev–Trinajstić information content (AvgIpc) is 3.06. The highest BCUT2D eigenvalue weighted by Gasteiger charge is 2.43. The van der Waals surface area contributed by atoms with Crippen LogP contribution >= 0.6 is 0 Å². The van der Waals surface area contributed by atoms with Crippen LogP contribution in [0.25, 0.3) is 5.69 Å². The second-order valence-corrected chi connectivity index (χ2v) is 9.92. The first kappa shape index (κ1) is 18.0. The molecular weight excluding hydrogens is 382 g/mol. The van der Waals surface area contributed by atoms with Crippen molar-refractivity contribution in [1.29, 1.82) is 0 Å². The average molecular weight is 402 g/mol.